The molecule has 0 aliphatic heterocycles. The molecule has 5 nitrogen and oxygen atoms in total. The molecule has 0 radical (unpaired) electrons. The number of carbonyl (C=O) groups excluding carboxylic acids is 1. The third-order valence-corrected chi connectivity index (χ3v) is 3.54. The van der Waals surface area contributed by atoms with E-state index in [0.29, 0.717) is 6.61 Å². The van der Waals surface area contributed by atoms with E-state index in [9.17, 15) is 9.36 Å². The molecule has 0 aromatic carbocycles. The Kier molecular flexibility index (Phi) is 7.03. The van der Waals surface area contributed by atoms with Crippen LogP contribution in [0.25, 0.3) is 0 Å². The van der Waals surface area contributed by atoms with Crippen LogP contribution in [-0.4, -0.2) is 31.5 Å². The molecule has 0 aliphatic carbocycles. The van der Waals surface area contributed by atoms with Gasteiger partial charge in [-0.3, -0.25) is 9.36 Å². The molecule has 2 unspecified atom stereocenters. The minimum absolute atomic E-state index is 0.0488. The normalized spacial score (nSPS) is 15.9. The van der Waals surface area contributed by atoms with E-state index in [-0.39, 0.29) is 6.16 Å². The Morgan fingerprint density at radius 3 is 2.62 bits per heavy atom. The molecule has 2 atom stereocenters. The van der Waals surface area contributed by atoms with Crippen molar-refractivity contribution in [1.29, 1.82) is 5.26 Å². The van der Waals surface area contributed by atoms with Crippen molar-refractivity contribution in [3.63, 3.8) is 0 Å². The first-order chi connectivity index (χ1) is 7.41. The van der Waals surface area contributed by atoms with Crippen LogP contribution in [0, 0.1) is 11.3 Å². The highest BCUT2D eigenvalue weighted by Crippen LogP contribution is 2.43. The Hall–Kier alpha value is -0.850. The standard InChI is InChI=1S/C10H18NO4P/c1-4-5-6-14-16(3,13)8-10(7-11)15-9(2)12/h10H,4-6,8H2,1-3H3. The second-order valence-electron chi connectivity index (χ2n) is 3.61. The van der Waals surface area contributed by atoms with Crippen molar-refractivity contribution in [2.24, 2.45) is 0 Å². The van der Waals surface area contributed by atoms with Crippen molar-refractivity contribution in [3.05, 3.63) is 0 Å². The summed E-state index contributed by atoms with van der Waals surface area (Å²) in [5.74, 6) is -0.555. The molecule has 0 heterocycles. The molecule has 6 heteroatoms. The summed E-state index contributed by atoms with van der Waals surface area (Å²) in [6, 6.07) is 1.78. The number of ether oxygens (including phenoxy) is 1. The number of nitriles is 1. The maximum Gasteiger partial charge on any atom is 0.303 e. The number of hydrogen-bond acceptors (Lipinski definition) is 5. The van der Waals surface area contributed by atoms with Crippen LogP contribution in [-0.2, 0) is 18.6 Å². The van der Waals surface area contributed by atoms with Gasteiger partial charge in [-0.1, -0.05) is 13.3 Å². The summed E-state index contributed by atoms with van der Waals surface area (Å²) in [4.78, 5) is 10.7. The van der Waals surface area contributed by atoms with E-state index in [4.69, 9.17) is 9.79 Å². The lowest BCUT2D eigenvalue weighted by Crippen LogP contribution is -2.19. The highest BCUT2D eigenvalue weighted by atomic mass is 31.2. The van der Waals surface area contributed by atoms with Gasteiger partial charge in [-0.15, -0.1) is 0 Å². The molecule has 0 aliphatic rings. The highest BCUT2D eigenvalue weighted by molar-refractivity contribution is 7.58. The van der Waals surface area contributed by atoms with E-state index in [0.717, 1.165) is 12.8 Å². The molecule has 92 valence electrons. The van der Waals surface area contributed by atoms with Gasteiger partial charge < -0.3 is 9.26 Å². The van der Waals surface area contributed by atoms with Gasteiger partial charge in [-0.2, -0.15) is 5.26 Å². The number of nitrogens with zero attached hydrogens (tertiary/aromatic N) is 1. The van der Waals surface area contributed by atoms with Crippen molar-refractivity contribution in [1.82, 2.24) is 0 Å². The third-order valence-electron chi connectivity index (χ3n) is 1.81. The Morgan fingerprint density at radius 1 is 1.56 bits per heavy atom. The fourth-order valence-electron chi connectivity index (χ4n) is 1.06. The predicted molar refractivity (Wildman–Crippen MR) is 60.4 cm³/mol. The zero-order valence-electron chi connectivity index (χ0n) is 9.93. The minimum Gasteiger partial charge on any atom is -0.447 e. The number of carbonyl (C=O) groups is 1. The van der Waals surface area contributed by atoms with Crippen molar-refractivity contribution in [2.75, 3.05) is 19.4 Å². The molecule has 0 saturated carbocycles. The molecule has 0 spiro atoms. The monoisotopic (exact) mass is 247 g/mol. The van der Waals surface area contributed by atoms with E-state index in [1.165, 1.54) is 13.6 Å². The lowest BCUT2D eigenvalue weighted by molar-refractivity contribution is -0.143. The van der Waals surface area contributed by atoms with Gasteiger partial charge in [0.05, 0.1) is 12.8 Å². The van der Waals surface area contributed by atoms with Crippen LogP contribution in [0.1, 0.15) is 26.7 Å². The summed E-state index contributed by atoms with van der Waals surface area (Å²) in [6.45, 7) is 5.07. The lowest BCUT2D eigenvalue weighted by Gasteiger charge is -2.16. The summed E-state index contributed by atoms with van der Waals surface area (Å²) in [7, 11) is -2.85. The fourth-order valence-corrected chi connectivity index (χ4v) is 2.44. The lowest BCUT2D eigenvalue weighted by atomic mass is 10.4. The van der Waals surface area contributed by atoms with E-state index < -0.39 is 19.4 Å². The number of unbranched alkanes of at least 4 members (excludes halogenated alkanes) is 1. The summed E-state index contributed by atoms with van der Waals surface area (Å²) in [6.07, 6.45) is 0.732. The van der Waals surface area contributed by atoms with Crippen LogP contribution in [0.2, 0.25) is 0 Å². The van der Waals surface area contributed by atoms with Crippen molar-refractivity contribution < 1.29 is 18.6 Å². The van der Waals surface area contributed by atoms with Gasteiger partial charge in [-0.25, -0.2) is 0 Å². The molecule has 0 bridgehead atoms. The van der Waals surface area contributed by atoms with E-state index in [1.807, 2.05) is 6.92 Å². The molecular formula is C10H18NO4P. The SMILES string of the molecule is CCCCOP(C)(=O)CC(C#N)OC(C)=O. The second kappa shape index (κ2) is 7.43. The molecule has 16 heavy (non-hydrogen) atoms. The van der Waals surface area contributed by atoms with Crippen LogP contribution in [0.15, 0.2) is 0 Å². The Bertz CT molecular complexity index is 310. The van der Waals surface area contributed by atoms with Crippen LogP contribution in [0.5, 0.6) is 0 Å². The smallest absolute Gasteiger partial charge is 0.303 e. The molecular weight excluding hydrogens is 229 g/mol. The van der Waals surface area contributed by atoms with E-state index in [1.54, 1.807) is 6.07 Å². The quantitative estimate of drug-likeness (QED) is 0.391. The summed E-state index contributed by atoms with van der Waals surface area (Å²) in [5.41, 5.74) is 0. The topological polar surface area (TPSA) is 76.4 Å². The predicted octanol–water partition coefficient (Wildman–Crippen LogP) is 2.17. The summed E-state index contributed by atoms with van der Waals surface area (Å²) >= 11 is 0. The minimum atomic E-state index is -2.85. The molecule has 0 rings (SSSR count). The van der Waals surface area contributed by atoms with Crippen LogP contribution < -0.4 is 0 Å². The van der Waals surface area contributed by atoms with Crippen LogP contribution >= 0.6 is 7.37 Å². The largest absolute Gasteiger partial charge is 0.447 e. The van der Waals surface area contributed by atoms with Crippen LogP contribution in [0.3, 0.4) is 0 Å². The van der Waals surface area contributed by atoms with Gasteiger partial charge >= 0.3 is 5.97 Å². The zero-order chi connectivity index (χ0) is 12.6. The van der Waals surface area contributed by atoms with Gasteiger partial charge in [0.1, 0.15) is 6.07 Å². The molecule has 0 N–H and O–H groups in total. The number of hydrogen-bond donors (Lipinski definition) is 0. The van der Waals surface area contributed by atoms with Gasteiger partial charge in [0.15, 0.2) is 6.10 Å². The maximum atomic E-state index is 11.9. The molecule has 0 amide bonds. The first kappa shape index (κ1) is 15.2. The fraction of sp³-hybridized carbons (Fsp3) is 0.800. The highest BCUT2D eigenvalue weighted by Gasteiger charge is 2.24. The number of esters is 1. The molecule has 0 aromatic rings. The number of rotatable bonds is 7. The van der Waals surface area contributed by atoms with Crippen molar-refractivity contribution >= 4 is 13.3 Å². The third kappa shape index (κ3) is 7.44. The summed E-state index contributed by atoms with van der Waals surface area (Å²) < 4.78 is 21.8. The molecule has 0 aromatic heterocycles. The average molecular weight is 247 g/mol. The summed E-state index contributed by atoms with van der Waals surface area (Å²) in [5, 5.41) is 8.71. The molecule has 0 saturated heterocycles. The van der Waals surface area contributed by atoms with E-state index >= 15 is 0 Å². The van der Waals surface area contributed by atoms with E-state index in [2.05, 4.69) is 4.74 Å². The van der Waals surface area contributed by atoms with Crippen molar-refractivity contribution in [2.45, 2.75) is 32.8 Å². The van der Waals surface area contributed by atoms with Gasteiger partial charge in [-0.05, 0) is 6.42 Å². The van der Waals surface area contributed by atoms with Gasteiger partial charge in [0.25, 0.3) is 0 Å². The van der Waals surface area contributed by atoms with Crippen molar-refractivity contribution in [3.8, 4) is 6.07 Å². The Morgan fingerprint density at radius 2 is 2.19 bits per heavy atom. The average Bonchev–Trinajstić information content (AvgIpc) is 2.15. The van der Waals surface area contributed by atoms with Crippen LogP contribution in [0.4, 0.5) is 0 Å². The molecule has 0 fully saturated rings. The van der Waals surface area contributed by atoms with Gasteiger partial charge in [0.2, 0.25) is 7.37 Å². The van der Waals surface area contributed by atoms with Gasteiger partial charge in [0, 0.05) is 13.6 Å². The first-order valence-electron chi connectivity index (χ1n) is 5.19. The Labute approximate surface area is 96.2 Å². The Balaban J connectivity index is 4.16. The second-order valence-corrected chi connectivity index (χ2v) is 6.26. The zero-order valence-corrected chi connectivity index (χ0v) is 10.8. The first-order valence-corrected chi connectivity index (χ1v) is 7.45. The maximum absolute atomic E-state index is 11.9.